The number of hydrogen-bond donors (Lipinski definition) is 1. The van der Waals surface area contributed by atoms with Gasteiger partial charge < -0.3 is 14.8 Å². The molecule has 1 fully saturated rings. The molecule has 0 saturated heterocycles. The zero-order chi connectivity index (χ0) is 12.4. The molecule has 18 heavy (non-hydrogen) atoms. The van der Waals surface area contributed by atoms with E-state index >= 15 is 0 Å². The molecule has 0 aromatic heterocycles. The van der Waals surface area contributed by atoms with Crippen LogP contribution in [-0.2, 0) is 6.54 Å². The molecule has 0 unspecified atom stereocenters. The molecule has 1 N–H and O–H groups in total. The van der Waals surface area contributed by atoms with Gasteiger partial charge in [-0.15, -0.1) is 0 Å². The summed E-state index contributed by atoms with van der Waals surface area (Å²) < 4.78 is 10.9. The van der Waals surface area contributed by atoms with E-state index in [0.29, 0.717) is 12.8 Å². The summed E-state index contributed by atoms with van der Waals surface area (Å²) in [4.78, 5) is 0. The molecule has 3 nitrogen and oxygen atoms in total. The number of nitrogens with one attached hydrogen (secondary N) is 1. The van der Waals surface area contributed by atoms with Crippen molar-refractivity contribution in [2.45, 2.75) is 45.2 Å². The zero-order valence-electron chi connectivity index (χ0n) is 10.9. The first-order chi connectivity index (χ1) is 8.84. The fraction of sp³-hybridized carbons (Fsp3) is 0.600. The smallest absolute Gasteiger partial charge is 0.231 e. The van der Waals surface area contributed by atoms with Crippen molar-refractivity contribution in [1.29, 1.82) is 0 Å². The highest BCUT2D eigenvalue weighted by atomic mass is 16.7. The zero-order valence-corrected chi connectivity index (χ0v) is 10.9. The van der Waals surface area contributed by atoms with Gasteiger partial charge in [0, 0.05) is 18.2 Å². The molecule has 1 aromatic carbocycles. The SMILES string of the molecule is C[C@@H](NCc1cccc2c1OCO2)C1CCCC1. The van der Waals surface area contributed by atoms with E-state index < -0.39 is 0 Å². The lowest BCUT2D eigenvalue weighted by molar-refractivity contribution is 0.173. The quantitative estimate of drug-likeness (QED) is 0.887. The van der Waals surface area contributed by atoms with Gasteiger partial charge in [-0.2, -0.15) is 0 Å². The number of benzene rings is 1. The van der Waals surface area contributed by atoms with E-state index in [1.165, 1.54) is 31.2 Å². The summed E-state index contributed by atoms with van der Waals surface area (Å²) in [6.45, 7) is 3.52. The topological polar surface area (TPSA) is 30.5 Å². The molecule has 3 rings (SSSR count). The van der Waals surface area contributed by atoms with Crippen molar-refractivity contribution in [3.63, 3.8) is 0 Å². The minimum absolute atomic E-state index is 0.352. The highest BCUT2D eigenvalue weighted by molar-refractivity contribution is 5.48. The largest absolute Gasteiger partial charge is 0.454 e. The number of para-hydroxylation sites is 1. The van der Waals surface area contributed by atoms with Gasteiger partial charge in [-0.3, -0.25) is 0 Å². The second-order valence-corrected chi connectivity index (χ2v) is 5.37. The Morgan fingerprint density at radius 2 is 2.11 bits per heavy atom. The Morgan fingerprint density at radius 1 is 1.28 bits per heavy atom. The maximum Gasteiger partial charge on any atom is 0.231 e. The Labute approximate surface area is 108 Å². The first kappa shape index (κ1) is 11.8. The lowest BCUT2D eigenvalue weighted by Gasteiger charge is -2.20. The minimum Gasteiger partial charge on any atom is -0.454 e. The summed E-state index contributed by atoms with van der Waals surface area (Å²) in [5.74, 6) is 2.64. The third kappa shape index (κ3) is 2.32. The van der Waals surface area contributed by atoms with Crippen molar-refractivity contribution >= 4 is 0 Å². The van der Waals surface area contributed by atoms with Gasteiger partial charge in [-0.1, -0.05) is 25.0 Å². The van der Waals surface area contributed by atoms with Crippen LogP contribution in [0.25, 0.3) is 0 Å². The molecule has 2 aliphatic rings. The molecule has 0 radical (unpaired) electrons. The fourth-order valence-electron chi connectivity index (χ4n) is 3.02. The summed E-state index contributed by atoms with van der Waals surface area (Å²) in [5.41, 5.74) is 1.20. The molecule has 3 heteroatoms. The number of fused-ring (bicyclic) bond motifs is 1. The molecule has 1 aliphatic carbocycles. The van der Waals surface area contributed by atoms with Gasteiger partial charge >= 0.3 is 0 Å². The Kier molecular flexibility index (Phi) is 3.41. The Bertz CT molecular complexity index is 413. The van der Waals surface area contributed by atoms with Crippen molar-refractivity contribution in [3.05, 3.63) is 23.8 Å². The van der Waals surface area contributed by atoms with Gasteiger partial charge in [0.1, 0.15) is 0 Å². The van der Waals surface area contributed by atoms with Crippen molar-refractivity contribution in [2.75, 3.05) is 6.79 Å². The summed E-state index contributed by atoms with van der Waals surface area (Å²) in [7, 11) is 0. The second-order valence-electron chi connectivity index (χ2n) is 5.37. The maximum atomic E-state index is 5.53. The van der Waals surface area contributed by atoms with E-state index in [0.717, 1.165) is 24.0 Å². The van der Waals surface area contributed by atoms with Gasteiger partial charge in [0.2, 0.25) is 6.79 Å². The van der Waals surface area contributed by atoms with E-state index in [-0.39, 0.29) is 0 Å². The van der Waals surface area contributed by atoms with Crippen molar-refractivity contribution in [3.8, 4) is 11.5 Å². The van der Waals surface area contributed by atoms with Gasteiger partial charge in [0.25, 0.3) is 0 Å². The summed E-state index contributed by atoms with van der Waals surface area (Å²) in [6, 6.07) is 6.70. The average Bonchev–Trinajstić information content (AvgIpc) is 3.05. The third-order valence-corrected chi connectivity index (χ3v) is 4.20. The Hall–Kier alpha value is -1.22. The minimum atomic E-state index is 0.352. The summed E-state index contributed by atoms with van der Waals surface area (Å²) in [5, 5.41) is 3.64. The lowest BCUT2D eigenvalue weighted by atomic mass is 9.99. The Balaban J connectivity index is 1.61. The van der Waals surface area contributed by atoms with Crippen LogP contribution in [0.3, 0.4) is 0 Å². The Morgan fingerprint density at radius 3 is 2.94 bits per heavy atom. The van der Waals surface area contributed by atoms with Crippen LogP contribution in [0.1, 0.15) is 38.2 Å². The lowest BCUT2D eigenvalue weighted by Crippen LogP contribution is -2.31. The molecule has 1 aromatic rings. The van der Waals surface area contributed by atoms with Gasteiger partial charge in [0.05, 0.1) is 0 Å². The molecule has 0 amide bonds. The van der Waals surface area contributed by atoms with Crippen molar-refractivity contribution < 1.29 is 9.47 Å². The first-order valence-corrected chi connectivity index (χ1v) is 6.95. The molecular formula is C15H21NO2. The molecule has 98 valence electrons. The monoisotopic (exact) mass is 247 g/mol. The van der Waals surface area contributed by atoms with Crippen LogP contribution >= 0.6 is 0 Å². The molecule has 1 aliphatic heterocycles. The van der Waals surface area contributed by atoms with Crippen LogP contribution in [0.4, 0.5) is 0 Å². The van der Waals surface area contributed by atoms with Crippen LogP contribution < -0.4 is 14.8 Å². The normalized spacial score (nSPS) is 20.3. The van der Waals surface area contributed by atoms with Crippen LogP contribution in [-0.4, -0.2) is 12.8 Å². The van der Waals surface area contributed by atoms with Crippen LogP contribution in [0.5, 0.6) is 11.5 Å². The molecule has 1 heterocycles. The molecule has 0 spiro atoms. The van der Waals surface area contributed by atoms with Crippen molar-refractivity contribution in [2.24, 2.45) is 5.92 Å². The van der Waals surface area contributed by atoms with Crippen LogP contribution in [0, 0.1) is 5.92 Å². The molecular weight excluding hydrogens is 226 g/mol. The van der Waals surface area contributed by atoms with E-state index in [1.54, 1.807) is 0 Å². The van der Waals surface area contributed by atoms with E-state index in [9.17, 15) is 0 Å². The number of ether oxygens (including phenoxy) is 2. The van der Waals surface area contributed by atoms with Gasteiger partial charge in [0.15, 0.2) is 11.5 Å². The molecule has 1 atom stereocenters. The average molecular weight is 247 g/mol. The predicted octanol–water partition coefficient (Wildman–Crippen LogP) is 3.08. The molecule has 1 saturated carbocycles. The van der Waals surface area contributed by atoms with Crippen molar-refractivity contribution in [1.82, 2.24) is 5.32 Å². The fourth-order valence-corrected chi connectivity index (χ4v) is 3.02. The van der Waals surface area contributed by atoms with Gasteiger partial charge in [-0.25, -0.2) is 0 Å². The first-order valence-electron chi connectivity index (χ1n) is 6.95. The van der Waals surface area contributed by atoms with E-state index in [2.05, 4.69) is 18.3 Å². The van der Waals surface area contributed by atoms with E-state index in [1.807, 2.05) is 12.1 Å². The highest BCUT2D eigenvalue weighted by Crippen LogP contribution is 2.35. The number of rotatable bonds is 4. The standard InChI is InChI=1S/C15H21NO2/c1-11(12-5-2-3-6-12)16-9-13-7-4-8-14-15(13)18-10-17-14/h4,7-8,11-12,16H,2-3,5-6,9-10H2,1H3/t11-/m1/s1. The third-order valence-electron chi connectivity index (χ3n) is 4.20. The maximum absolute atomic E-state index is 5.53. The summed E-state index contributed by atoms with van der Waals surface area (Å²) in [6.07, 6.45) is 5.55. The predicted molar refractivity (Wildman–Crippen MR) is 70.8 cm³/mol. The van der Waals surface area contributed by atoms with Crippen LogP contribution in [0.15, 0.2) is 18.2 Å². The summed E-state index contributed by atoms with van der Waals surface area (Å²) >= 11 is 0. The highest BCUT2D eigenvalue weighted by Gasteiger charge is 2.22. The molecule has 0 bridgehead atoms. The van der Waals surface area contributed by atoms with E-state index in [4.69, 9.17) is 9.47 Å². The van der Waals surface area contributed by atoms with Gasteiger partial charge in [-0.05, 0) is 31.7 Å². The number of hydrogen-bond acceptors (Lipinski definition) is 3. The van der Waals surface area contributed by atoms with Crippen LogP contribution in [0.2, 0.25) is 0 Å². The second kappa shape index (κ2) is 5.19.